The highest BCUT2D eigenvalue weighted by molar-refractivity contribution is 6.74. The molecule has 0 aliphatic carbocycles. The molecule has 0 saturated heterocycles. The monoisotopic (exact) mass is 209 g/mol. The number of aromatic nitrogens is 2. The molecule has 0 N–H and O–H groups in total. The summed E-state index contributed by atoms with van der Waals surface area (Å²) in [5.74, 6) is 0.745. The molecule has 0 amide bonds. The van der Waals surface area contributed by atoms with Gasteiger partial charge in [-0.05, 0) is 19.6 Å². The third-order valence-electron chi connectivity index (χ3n) is 2.10. The molecule has 0 atom stereocenters. The Kier molecular flexibility index (Phi) is 2.18. The maximum Gasteiger partial charge on any atom is 0.219 e. The van der Waals surface area contributed by atoms with Crippen molar-refractivity contribution < 1.29 is 4.74 Å². The topological polar surface area (TPSA) is 39.4 Å². The lowest BCUT2D eigenvalue weighted by molar-refractivity contribution is 0.348. The van der Waals surface area contributed by atoms with E-state index in [1.165, 1.54) is 0 Å². The maximum absolute atomic E-state index is 5.38. The fourth-order valence-corrected chi connectivity index (χ4v) is 2.24. The molecule has 1 aliphatic heterocycles. The van der Waals surface area contributed by atoms with Gasteiger partial charge >= 0.3 is 0 Å². The van der Waals surface area contributed by atoms with Gasteiger partial charge in [0.2, 0.25) is 5.90 Å². The Labute approximate surface area is 84.7 Å². The molecule has 2 heterocycles. The van der Waals surface area contributed by atoms with E-state index in [1.54, 1.807) is 0 Å². The maximum atomic E-state index is 5.38. The number of ether oxygens (including phenoxy) is 1. The zero-order chi connectivity index (χ0) is 10.2. The van der Waals surface area contributed by atoms with Crippen LogP contribution in [0.25, 0.3) is 0 Å². The van der Waals surface area contributed by atoms with E-state index in [4.69, 9.17) is 4.74 Å². The molecule has 1 aromatic rings. The molecule has 4 nitrogen and oxygen atoms in total. The molecule has 0 spiro atoms. The molecule has 2 rings (SSSR count). The zero-order valence-corrected chi connectivity index (χ0v) is 9.82. The standard InChI is InChI=1S/C9H15N3OSi/c1-14(2,3)12-7-8(6-11-12)9-10-4-5-13-9/h6-7H,4-5H2,1-3H3. The first-order valence-corrected chi connectivity index (χ1v) is 8.25. The van der Waals surface area contributed by atoms with E-state index in [-0.39, 0.29) is 0 Å². The van der Waals surface area contributed by atoms with Crippen molar-refractivity contribution in [1.82, 2.24) is 9.45 Å². The number of aliphatic imine (C=N–C) groups is 1. The van der Waals surface area contributed by atoms with Gasteiger partial charge < -0.3 is 9.08 Å². The van der Waals surface area contributed by atoms with E-state index in [1.807, 2.05) is 12.4 Å². The van der Waals surface area contributed by atoms with Gasteiger partial charge in [-0.15, -0.1) is 0 Å². The summed E-state index contributed by atoms with van der Waals surface area (Å²) in [6.07, 6.45) is 3.87. The van der Waals surface area contributed by atoms with Gasteiger partial charge in [0.15, 0.2) is 8.24 Å². The summed E-state index contributed by atoms with van der Waals surface area (Å²) < 4.78 is 7.44. The van der Waals surface area contributed by atoms with Crippen LogP contribution in [-0.2, 0) is 4.74 Å². The third-order valence-corrected chi connectivity index (χ3v) is 3.72. The van der Waals surface area contributed by atoms with Gasteiger partial charge in [0.1, 0.15) is 6.61 Å². The second kappa shape index (κ2) is 3.24. The van der Waals surface area contributed by atoms with E-state index in [0.717, 1.165) is 18.0 Å². The highest BCUT2D eigenvalue weighted by atomic mass is 28.3. The van der Waals surface area contributed by atoms with Crippen molar-refractivity contribution in [3.05, 3.63) is 18.0 Å². The Balaban J connectivity index is 2.26. The van der Waals surface area contributed by atoms with Crippen molar-refractivity contribution in [2.75, 3.05) is 13.2 Å². The molecule has 1 aromatic heterocycles. The van der Waals surface area contributed by atoms with Crippen LogP contribution in [0.15, 0.2) is 17.4 Å². The molecule has 0 unspecified atom stereocenters. The summed E-state index contributed by atoms with van der Waals surface area (Å²) in [7, 11) is -1.37. The van der Waals surface area contributed by atoms with Crippen molar-refractivity contribution in [2.24, 2.45) is 4.99 Å². The first-order valence-electron chi connectivity index (χ1n) is 4.80. The van der Waals surface area contributed by atoms with E-state index < -0.39 is 8.24 Å². The van der Waals surface area contributed by atoms with Crippen molar-refractivity contribution >= 4 is 14.1 Å². The van der Waals surface area contributed by atoms with Gasteiger partial charge in [0.25, 0.3) is 0 Å². The van der Waals surface area contributed by atoms with Crippen LogP contribution in [0.4, 0.5) is 0 Å². The van der Waals surface area contributed by atoms with Gasteiger partial charge in [-0.3, -0.25) is 0 Å². The van der Waals surface area contributed by atoms with Gasteiger partial charge in [0, 0.05) is 6.20 Å². The predicted octanol–water partition coefficient (Wildman–Crippen LogP) is 1.34. The summed E-state index contributed by atoms with van der Waals surface area (Å²) in [5.41, 5.74) is 1.00. The first kappa shape index (κ1) is 9.45. The van der Waals surface area contributed by atoms with Gasteiger partial charge in [-0.1, -0.05) is 0 Å². The second-order valence-electron chi connectivity index (χ2n) is 4.38. The largest absolute Gasteiger partial charge is 0.475 e. The normalized spacial score (nSPS) is 16.6. The zero-order valence-electron chi connectivity index (χ0n) is 8.82. The van der Waals surface area contributed by atoms with Crippen LogP contribution in [-0.4, -0.2) is 36.7 Å². The molecular formula is C9H15N3OSi. The number of rotatable bonds is 2. The molecule has 0 fully saturated rings. The molecule has 14 heavy (non-hydrogen) atoms. The van der Waals surface area contributed by atoms with Crippen LogP contribution in [0, 0.1) is 0 Å². The summed E-state index contributed by atoms with van der Waals surface area (Å²) in [6, 6.07) is 0. The van der Waals surface area contributed by atoms with Crippen molar-refractivity contribution in [2.45, 2.75) is 19.6 Å². The van der Waals surface area contributed by atoms with Gasteiger partial charge in [0.05, 0.1) is 18.3 Å². The Morgan fingerprint density at radius 2 is 2.21 bits per heavy atom. The van der Waals surface area contributed by atoms with Crippen LogP contribution >= 0.6 is 0 Å². The molecule has 0 saturated carbocycles. The molecular weight excluding hydrogens is 194 g/mol. The smallest absolute Gasteiger partial charge is 0.219 e. The minimum absolute atomic E-state index is 0.702. The molecule has 5 heteroatoms. The summed E-state index contributed by atoms with van der Waals surface area (Å²) in [4.78, 5) is 4.26. The molecule has 76 valence electrons. The third kappa shape index (κ3) is 1.72. The van der Waals surface area contributed by atoms with Gasteiger partial charge in [-0.2, -0.15) is 5.10 Å². The SMILES string of the molecule is C[Si](C)(C)n1cc(C2=NCCO2)cn1. The van der Waals surface area contributed by atoms with Crippen LogP contribution in [0.2, 0.25) is 19.6 Å². The molecule has 0 bridgehead atoms. The average Bonchev–Trinajstić information content (AvgIpc) is 2.73. The second-order valence-corrected chi connectivity index (χ2v) is 9.18. The molecule has 1 aliphatic rings. The van der Waals surface area contributed by atoms with Crippen molar-refractivity contribution in [3.63, 3.8) is 0 Å². The van der Waals surface area contributed by atoms with E-state index in [9.17, 15) is 0 Å². The van der Waals surface area contributed by atoms with Gasteiger partial charge in [-0.25, -0.2) is 4.99 Å². The first-order chi connectivity index (χ1) is 6.57. The Morgan fingerprint density at radius 1 is 1.43 bits per heavy atom. The fraction of sp³-hybridized carbons (Fsp3) is 0.556. The van der Waals surface area contributed by atoms with Crippen molar-refractivity contribution in [3.8, 4) is 0 Å². The van der Waals surface area contributed by atoms with Crippen molar-refractivity contribution in [1.29, 1.82) is 0 Å². The number of hydrogen-bond donors (Lipinski definition) is 0. The molecule has 0 radical (unpaired) electrons. The van der Waals surface area contributed by atoms with Crippen LogP contribution in [0.1, 0.15) is 5.56 Å². The van der Waals surface area contributed by atoms with Crippen LogP contribution in [0.5, 0.6) is 0 Å². The number of nitrogens with zero attached hydrogens (tertiary/aromatic N) is 3. The van der Waals surface area contributed by atoms with E-state index >= 15 is 0 Å². The minimum atomic E-state index is -1.37. The predicted molar refractivity (Wildman–Crippen MR) is 58.3 cm³/mol. The summed E-state index contributed by atoms with van der Waals surface area (Å²) in [6.45, 7) is 8.23. The Hall–Kier alpha value is -1.10. The van der Waals surface area contributed by atoms with E-state index in [2.05, 4.69) is 34.1 Å². The van der Waals surface area contributed by atoms with E-state index in [0.29, 0.717) is 6.61 Å². The lowest BCUT2D eigenvalue weighted by Gasteiger charge is -2.15. The number of hydrogen-bond acceptors (Lipinski definition) is 3. The molecule has 0 aromatic carbocycles. The highest BCUT2D eigenvalue weighted by Crippen LogP contribution is 2.10. The quantitative estimate of drug-likeness (QED) is 0.690. The summed E-state index contributed by atoms with van der Waals surface area (Å²) in [5, 5.41) is 4.35. The Bertz CT molecular complexity index is 364. The fourth-order valence-electron chi connectivity index (χ4n) is 1.31. The van der Waals surface area contributed by atoms with Crippen LogP contribution < -0.4 is 0 Å². The minimum Gasteiger partial charge on any atom is -0.475 e. The summed E-state index contributed by atoms with van der Waals surface area (Å²) >= 11 is 0. The lowest BCUT2D eigenvalue weighted by atomic mass is 10.4. The Morgan fingerprint density at radius 3 is 2.71 bits per heavy atom. The average molecular weight is 209 g/mol. The van der Waals surface area contributed by atoms with Crippen LogP contribution in [0.3, 0.4) is 0 Å². The lowest BCUT2D eigenvalue weighted by Crippen LogP contribution is -2.32. The highest BCUT2D eigenvalue weighted by Gasteiger charge is 2.20.